The molecule has 0 atom stereocenters. The van der Waals surface area contributed by atoms with Gasteiger partial charge in [-0.3, -0.25) is 10.2 Å². The molecule has 2 N–H and O–H groups in total. The summed E-state index contributed by atoms with van der Waals surface area (Å²) in [6, 6.07) is 7.62. The van der Waals surface area contributed by atoms with E-state index in [-0.39, 0.29) is 11.4 Å². The van der Waals surface area contributed by atoms with Gasteiger partial charge in [-0.1, -0.05) is 12.1 Å². The molecule has 17 heavy (non-hydrogen) atoms. The Bertz CT molecular complexity index is 478. The summed E-state index contributed by atoms with van der Waals surface area (Å²) in [6.07, 6.45) is 1.87. The Balaban J connectivity index is 2.37. The number of methoxy groups -OCH3 is 1. The van der Waals surface area contributed by atoms with E-state index in [1.807, 2.05) is 44.2 Å². The molecule has 1 aromatic carbocycles. The standard InChI is InChI=1S/C13H16N2O2/c1-13(2)11(12(16)14-15-13)8-9-5-4-6-10(7-9)17-3/h4-8,15H,1-3H3,(H,14,16)/b11-8+. The maximum atomic E-state index is 11.7. The lowest BCUT2D eigenvalue weighted by molar-refractivity contribution is -0.116. The van der Waals surface area contributed by atoms with E-state index in [0.29, 0.717) is 5.57 Å². The number of benzene rings is 1. The summed E-state index contributed by atoms with van der Waals surface area (Å²) in [4.78, 5) is 11.7. The van der Waals surface area contributed by atoms with Gasteiger partial charge in [0.15, 0.2) is 0 Å². The van der Waals surface area contributed by atoms with Gasteiger partial charge in [-0.15, -0.1) is 0 Å². The van der Waals surface area contributed by atoms with Gasteiger partial charge in [0.1, 0.15) is 5.75 Å². The van der Waals surface area contributed by atoms with Crippen LogP contribution < -0.4 is 15.6 Å². The number of hydrogen-bond acceptors (Lipinski definition) is 3. The largest absolute Gasteiger partial charge is 0.497 e. The van der Waals surface area contributed by atoms with E-state index >= 15 is 0 Å². The highest BCUT2D eigenvalue weighted by Crippen LogP contribution is 2.24. The lowest BCUT2D eigenvalue weighted by atomic mass is 9.94. The summed E-state index contributed by atoms with van der Waals surface area (Å²) in [5.41, 5.74) is 6.87. The lowest BCUT2D eigenvalue weighted by Crippen LogP contribution is -2.38. The summed E-state index contributed by atoms with van der Waals surface area (Å²) in [5, 5.41) is 0. The van der Waals surface area contributed by atoms with Crippen LogP contribution in [0.4, 0.5) is 0 Å². The van der Waals surface area contributed by atoms with Gasteiger partial charge in [0.05, 0.1) is 12.6 Å². The number of carbonyl (C=O) groups is 1. The van der Waals surface area contributed by atoms with Gasteiger partial charge in [-0.2, -0.15) is 0 Å². The fraction of sp³-hybridized carbons (Fsp3) is 0.308. The fourth-order valence-electron chi connectivity index (χ4n) is 1.78. The van der Waals surface area contributed by atoms with E-state index in [1.165, 1.54) is 0 Å². The number of rotatable bonds is 2. The third-order valence-corrected chi connectivity index (χ3v) is 2.81. The van der Waals surface area contributed by atoms with E-state index in [9.17, 15) is 4.79 Å². The van der Waals surface area contributed by atoms with Crippen LogP contribution in [0.1, 0.15) is 19.4 Å². The zero-order chi connectivity index (χ0) is 12.5. The number of hydrogen-bond donors (Lipinski definition) is 2. The number of carbonyl (C=O) groups excluding carboxylic acids is 1. The maximum absolute atomic E-state index is 11.7. The minimum Gasteiger partial charge on any atom is -0.497 e. The van der Waals surface area contributed by atoms with Crippen molar-refractivity contribution in [3.63, 3.8) is 0 Å². The molecular weight excluding hydrogens is 216 g/mol. The monoisotopic (exact) mass is 232 g/mol. The molecule has 1 aromatic rings. The molecule has 0 unspecified atom stereocenters. The zero-order valence-corrected chi connectivity index (χ0v) is 10.2. The molecule has 4 nitrogen and oxygen atoms in total. The van der Waals surface area contributed by atoms with Crippen LogP contribution in [0.3, 0.4) is 0 Å². The summed E-state index contributed by atoms with van der Waals surface area (Å²) < 4.78 is 5.15. The Morgan fingerprint density at radius 1 is 1.35 bits per heavy atom. The molecule has 0 bridgehead atoms. The highest BCUT2D eigenvalue weighted by molar-refractivity contribution is 6.01. The van der Waals surface area contributed by atoms with Crippen molar-refractivity contribution in [1.29, 1.82) is 0 Å². The molecule has 1 heterocycles. The smallest absolute Gasteiger partial charge is 0.263 e. The molecule has 0 aliphatic carbocycles. The molecule has 2 rings (SSSR count). The van der Waals surface area contributed by atoms with Crippen molar-refractivity contribution in [3.8, 4) is 5.75 Å². The van der Waals surface area contributed by atoms with Crippen molar-refractivity contribution in [2.24, 2.45) is 0 Å². The minimum atomic E-state index is -0.361. The van der Waals surface area contributed by atoms with Crippen LogP contribution in [0, 0.1) is 0 Å². The molecule has 0 spiro atoms. The Hall–Kier alpha value is -1.81. The van der Waals surface area contributed by atoms with E-state index in [1.54, 1.807) is 7.11 Å². The van der Waals surface area contributed by atoms with E-state index in [0.717, 1.165) is 11.3 Å². The molecule has 90 valence electrons. The Labute approximate surface area is 101 Å². The quantitative estimate of drug-likeness (QED) is 0.760. The van der Waals surface area contributed by atoms with Crippen molar-refractivity contribution in [1.82, 2.24) is 10.9 Å². The van der Waals surface area contributed by atoms with Crippen LogP contribution >= 0.6 is 0 Å². The fourth-order valence-corrected chi connectivity index (χ4v) is 1.78. The van der Waals surface area contributed by atoms with Crippen LogP contribution in [0.15, 0.2) is 29.8 Å². The van der Waals surface area contributed by atoms with Gasteiger partial charge in [0.25, 0.3) is 5.91 Å². The van der Waals surface area contributed by atoms with Crippen molar-refractivity contribution in [3.05, 3.63) is 35.4 Å². The van der Waals surface area contributed by atoms with Crippen LogP contribution in [0.5, 0.6) is 5.75 Å². The Kier molecular flexibility index (Phi) is 2.90. The van der Waals surface area contributed by atoms with Crippen molar-refractivity contribution in [2.75, 3.05) is 7.11 Å². The second kappa shape index (κ2) is 4.22. The van der Waals surface area contributed by atoms with Crippen LogP contribution in [0.25, 0.3) is 6.08 Å². The molecule has 0 aromatic heterocycles. The SMILES string of the molecule is COc1cccc(/C=C2\C(=O)NNC2(C)C)c1. The average Bonchev–Trinajstić information content (AvgIpc) is 2.56. The molecule has 1 aliphatic heterocycles. The predicted molar refractivity (Wildman–Crippen MR) is 66.3 cm³/mol. The molecule has 0 saturated carbocycles. The van der Waals surface area contributed by atoms with Gasteiger partial charge in [-0.05, 0) is 37.6 Å². The van der Waals surface area contributed by atoms with Crippen LogP contribution in [-0.4, -0.2) is 18.6 Å². The minimum absolute atomic E-state index is 0.0854. The molecule has 1 amide bonds. The highest BCUT2D eigenvalue weighted by Gasteiger charge is 2.34. The molecule has 1 fully saturated rings. The van der Waals surface area contributed by atoms with Gasteiger partial charge in [-0.25, -0.2) is 5.43 Å². The van der Waals surface area contributed by atoms with Crippen molar-refractivity contribution in [2.45, 2.75) is 19.4 Å². The van der Waals surface area contributed by atoms with Crippen LogP contribution in [-0.2, 0) is 4.79 Å². The second-order valence-electron chi connectivity index (χ2n) is 4.54. The summed E-state index contributed by atoms with van der Waals surface area (Å²) in [6.45, 7) is 3.91. The van der Waals surface area contributed by atoms with E-state index in [2.05, 4.69) is 10.9 Å². The Morgan fingerprint density at radius 2 is 2.12 bits per heavy atom. The summed E-state index contributed by atoms with van der Waals surface area (Å²) in [5.74, 6) is 0.696. The van der Waals surface area contributed by atoms with Gasteiger partial charge < -0.3 is 4.74 Å². The predicted octanol–water partition coefficient (Wildman–Crippen LogP) is 1.49. The van der Waals surface area contributed by atoms with E-state index < -0.39 is 0 Å². The molecule has 0 radical (unpaired) electrons. The molecule has 4 heteroatoms. The summed E-state index contributed by atoms with van der Waals surface area (Å²) in [7, 11) is 1.63. The third kappa shape index (κ3) is 2.31. The first-order valence-corrected chi connectivity index (χ1v) is 5.47. The maximum Gasteiger partial charge on any atom is 0.263 e. The number of nitrogens with one attached hydrogen (secondary N) is 2. The second-order valence-corrected chi connectivity index (χ2v) is 4.54. The first-order valence-electron chi connectivity index (χ1n) is 5.47. The van der Waals surface area contributed by atoms with Gasteiger partial charge in [0, 0.05) is 5.57 Å². The molecular formula is C13H16N2O2. The first-order chi connectivity index (χ1) is 8.03. The average molecular weight is 232 g/mol. The zero-order valence-electron chi connectivity index (χ0n) is 10.2. The van der Waals surface area contributed by atoms with E-state index in [4.69, 9.17) is 4.74 Å². The molecule has 1 aliphatic rings. The lowest BCUT2D eigenvalue weighted by Gasteiger charge is -2.16. The summed E-state index contributed by atoms with van der Waals surface area (Å²) >= 11 is 0. The van der Waals surface area contributed by atoms with Crippen molar-refractivity contribution < 1.29 is 9.53 Å². The normalized spacial score (nSPS) is 20.4. The molecule has 1 saturated heterocycles. The number of hydrazine groups is 1. The van der Waals surface area contributed by atoms with Crippen molar-refractivity contribution >= 4 is 12.0 Å². The van der Waals surface area contributed by atoms with Gasteiger partial charge >= 0.3 is 0 Å². The third-order valence-electron chi connectivity index (χ3n) is 2.81. The highest BCUT2D eigenvalue weighted by atomic mass is 16.5. The first kappa shape index (κ1) is 11.7. The topological polar surface area (TPSA) is 50.4 Å². The number of ether oxygens (including phenoxy) is 1. The Morgan fingerprint density at radius 3 is 2.71 bits per heavy atom. The number of amides is 1. The van der Waals surface area contributed by atoms with Crippen LogP contribution in [0.2, 0.25) is 0 Å². The van der Waals surface area contributed by atoms with Gasteiger partial charge in [0.2, 0.25) is 0 Å².